The molecular weight excluding hydrogens is 304 g/mol. The van der Waals surface area contributed by atoms with Gasteiger partial charge in [0.05, 0.1) is 12.1 Å². The fourth-order valence-electron chi connectivity index (χ4n) is 1.80. The van der Waals surface area contributed by atoms with Gasteiger partial charge in [-0.3, -0.25) is 25.1 Å². The largest absolute Gasteiger partial charge is 0.273 e. The minimum Gasteiger partial charge on any atom is -0.273 e. The van der Waals surface area contributed by atoms with Gasteiger partial charge in [0.25, 0.3) is 5.91 Å². The molecule has 0 unspecified atom stereocenters. The topological polar surface area (TPSA) is 76.0 Å². The molecule has 0 spiro atoms. The Bertz CT molecular complexity index is 682. The Labute approximate surface area is 133 Å². The molecule has 0 fully saturated rings. The smallest absolute Gasteiger partial charge is 0.269 e. The minimum atomic E-state index is -0.427. The van der Waals surface area contributed by atoms with Crippen molar-refractivity contribution in [2.45, 2.75) is 26.3 Å². The van der Waals surface area contributed by atoms with Gasteiger partial charge in [-0.15, -0.1) is 0 Å². The average Bonchev–Trinajstić information content (AvgIpc) is 2.93. The summed E-state index contributed by atoms with van der Waals surface area (Å²) in [4.78, 5) is 23.6. The lowest BCUT2D eigenvalue weighted by molar-refractivity contribution is -0.121. The fourth-order valence-corrected chi connectivity index (χ4v) is 1.99. The van der Waals surface area contributed by atoms with Crippen LogP contribution in [0.4, 0.5) is 0 Å². The molecular formula is C15H17ClN4O2. The Morgan fingerprint density at radius 1 is 1.27 bits per heavy atom. The van der Waals surface area contributed by atoms with Crippen molar-refractivity contribution in [3.63, 3.8) is 0 Å². The summed E-state index contributed by atoms with van der Waals surface area (Å²) in [5, 5.41) is 4.73. The SMILES string of the molecule is CC(C)n1ccc(CC(=O)NNC(=O)c2cccc(Cl)c2)n1. The Morgan fingerprint density at radius 2 is 2.05 bits per heavy atom. The molecule has 2 aromatic rings. The van der Waals surface area contributed by atoms with Crippen molar-refractivity contribution < 1.29 is 9.59 Å². The normalized spacial score (nSPS) is 10.5. The maximum Gasteiger partial charge on any atom is 0.269 e. The van der Waals surface area contributed by atoms with Crippen LogP contribution in [0.2, 0.25) is 5.02 Å². The van der Waals surface area contributed by atoms with E-state index in [4.69, 9.17) is 11.6 Å². The van der Waals surface area contributed by atoms with Gasteiger partial charge in [-0.25, -0.2) is 0 Å². The quantitative estimate of drug-likeness (QED) is 0.847. The van der Waals surface area contributed by atoms with E-state index in [1.807, 2.05) is 20.0 Å². The Balaban J connectivity index is 1.85. The van der Waals surface area contributed by atoms with Crippen LogP contribution in [-0.4, -0.2) is 21.6 Å². The molecule has 0 radical (unpaired) electrons. The van der Waals surface area contributed by atoms with Crippen molar-refractivity contribution in [3.05, 3.63) is 52.8 Å². The van der Waals surface area contributed by atoms with Gasteiger partial charge in [0.2, 0.25) is 5.91 Å². The molecule has 0 aliphatic heterocycles. The van der Waals surface area contributed by atoms with Crippen molar-refractivity contribution in [2.75, 3.05) is 0 Å². The van der Waals surface area contributed by atoms with Gasteiger partial charge < -0.3 is 0 Å². The first-order valence-corrected chi connectivity index (χ1v) is 7.22. The molecule has 0 saturated carbocycles. The number of aromatic nitrogens is 2. The molecule has 1 aromatic heterocycles. The monoisotopic (exact) mass is 320 g/mol. The summed E-state index contributed by atoms with van der Waals surface area (Å²) in [5.74, 6) is -0.770. The van der Waals surface area contributed by atoms with Gasteiger partial charge in [-0.2, -0.15) is 5.10 Å². The molecule has 1 aromatic carbocycles. The van der Waals surface area contributed by atoms with E-state index in [2.05, 4.69) is 16.0 Å². The Kier molecular flexibility index (Phi) is 5.16. The molecule has 1 heterocycles. The van der Waals surface area contributed by atoms with Gasteiger partial charge in [-0.1, -0.05) is 17.7 Å². The van der Waals surface area contributed by atoms with Crippen LogP contribution in [0, 0.1) is 0 Å². The van der Waals surface area contributed by atoms with Gasteiger partial charge in [-0.05, 0) is 38.1 Å². The molecule has 6 nitrogen and oxygen atoms in total. The summed E-state index contributed by atoms with van der Waals surface area (Å²) >= 11 is 5.81. The lowest BCUT2D eigenvalue weighted by Gasteiger charge is -2.07. The molecule has 2 N–H and O–H groups in total. The second-order valence-corrected chi connectivity index (χ2v) is 5.51. The van der Waals surface area contributed by atoms with Crippen molar-refractivity contribution in [1.29, 1.82) is 0 Å². The molecule has 2 rings (SSSR count). The number of hydrogen-bond acceptors (Lipinski definition) is 3. The average molecular weight is 321 g/mol. The highest BCUT2D eigenvalue weighted by atomic mass is 35.5. The van der Waals surface area contributed by atoms with Gasteiger partial charge >= 0.3 is 0 Å². The third kappa shape index (κ3) is 4.33. The summed E-state index contributed by atoms with van der Waals surface area (Å²) in [6.45, 7) is 4.00. The summed E-state index contributed by atoms with van der Waals surface area (Å²) in [6, 6.07) is 8.47. The van der Waals surface area contributed by atoms with E-state index in [0.717, 1.165) is 0 Å². The van der Waals surface area contributed by atoms with Gasteiger partial charge in [0.1, 0.15) is 0 Å². The summed E-state index contributed by atoms with van der Waals surface area (Å²) in [7, 11) is 0. The number of halogens is 1. The molecule has 0 saturated heterocycles. The third-order valence-electron chi connectivity index (χ3n) is 2.94. The number of amides is 2. The minimum absolute atomic E-state index is 0.0928. The first kappa shape index (κ1) is 16.0. The van der Waals surface area contributed by atoms with Gasteiger partial charge in [0, 0.05) is 22.8 Å². The van der Waals surface area contributed by atoms with Crippen molar-refractivity contribution in [3.8, 4) is 0 Å². The Hall–Kier alpha value is -2.34. The molecule has 7 heteroatoms. The number of carbonyl (C=O) groups is 2. The van der Waals surface area contributed by atoms with Crippen LogP contribution >= 0.6 is 11.6 Å². The number of carbonyl (C=O) groups excluding carboxylic acids is 2. The van der Waals surface area contributed by atoms with E-state index in [9.17, 15) is 9.59 Å². The zero-order chi connectivity index (χ0) is 16.1. The molecule has 0 aliphatic rings. The maximum absolute atomic E-state index is 11.8. The zero-order valence-corrected chi connectivity index (χ0v) is 13.1. The van der Waals surface area contributed by atoms with Crippen LogP contribution in [-0.2, 0) is 11.2 Å². The van der Waals surface area contributed by atoms with E-state index >= 15 is 0 Å². The number of benzene rings is 1. The number of rotatable bonds is 4. The van der Waals surface area contributed by atoms with E-state index in [1.54, 1.807) is 28.9 Å². The van der Waals surface area contributed by atoms with E-state index < -0.39 is 5.91 Å². The highest BCUT2D eigenvalue weighted by molar-refractivity contribution is 6.30. The molecule has 0 aliphatic carbocycles. The van der Waals surface area contributed by atoms with Crippen molar-refractivity contribution in [2.24, 2.45) is 0 Å². The third-order valence-corrected chi connectivity index (χ3v) is 3.17. The first-order chi connectivity index (χ1) is 10.5. The van der Waals surface area contributed by atoms with E-state index in [-0.39, 0.29) is 18.4 Å². The highest BCUT2D eigenvalue weighted by Gasteiger charge is 2.10. The van der Waals surface area contributed by atoms with Crippen LogP contribution in [0.25, 0.3) is 0 Å². The first-order valence-electron chi connectivity index (χ1n) is 6.84. The second kappa shape index (κ2) is 7.09. The van der Waals surface area contributed by atoms with Crippen LogP contribution in [0.5, 0.6) is 0 Å². The summed E-state index contributed by atoms with van der Waals surface area (Å²) in [5.41, 5.74) is 5.71. The second-order valence-electron chi connectivity index (χ2n) is 5.07. The zero-order valence-electron chi connectivity index (χ0n) is 12.3. The van der Waals surface area contributed by atoms with Crippen LogP contribution < -0.4 is 10.9 Å². The maximum atomic E-state index is 11.8. The van der Waals surface area contributed by atoms with Crippen LogP contribution in [0.15, 0.2) is 36.5 Å². The standard InChI is InChI=1S/C15H17ClN4O2/c1-10(2)20-7-6-13(19-20)9-14(21)17-18-15(22)11-4-3-5-12(16)8-11/h3-8,10H,9H2,1-2H3,(H,17,21)(H,18,22). The number of hydrogen-bond donors (Lipinski definition) is 2. The lowest BCUT2D eigenvalue weighted by Crippen LogP contribution is -2.42. The van der Waals surface area contributed by atoms with Crippen molar-refractivity contribution in [1.82, 2.24) is 20.6 Å². The number of nitrogens with one attached hydrogen (secondary N) is 2. The van der Waals surface area contributed by atoms with E-state index in [0.29, 0.717) is 16.3 Å². The predicted octanol–water partition coefficient (Wildman–Crippen LogP) is 2.12. The number of nitrogens with zero attached hydrogens (tertiary/aromatic N) is 2. The summed E-state index contributed by atoms with van der Waals surface area (Å²) < 4.78 is 1.77. The number of hydrazine groups is 1. The van der Waals surface area contributed by atoms with Gasteiger partial charge in [0.15, 0.2) is 0 Å². The van der Waals surface area contributed by atoms with E-state index in [1.165, 1.54) is 6.07 Å². The predicted molar refractivity (Wildman–Crippen MR) is 83.4 cm³/mol. The molecule has 0 atom stereocenters. The molecule has 116 valence electrons. The van der Waals surface area contributed by atoms with Crippen LogP contribution in [0.1, 0.15) is 35.9 Å². The van der Waals surface area contributed by atoms with Crippen molar-refractivity contribution >= 4 is 23.4 Å². The Morgan fingerprint density at radius 3 is 2.68 bits per heavy atom. The summed E-state index contributed by atoms with van der Waals surface area (Å²) in [6.07, 6.45) is 1.91. The van der Waals surface area contributed by atoms with Crippen LogP contribution in [0.3, 0.4) is 0 Å². The molecule has 2 amide bonds. The highest BCUT2D eigenvalue weighted by Crippen LogP contribution is 2.10. The fraction of sp³-hybridized carbons (Fsp3) is 0.267. The molecule has 22 heavy (non-hydrogen) atoms. The molecule has 0 bridgehead atoms. The lowest BCUT2D eigenvalue weighted by atomic mass is 10.2.